The Bertz CT molecular complexity index is 554. The van der Waals surface area contributed by atoms with E-state index in [1.807, 2.05) is 0 Å². The number of halogens is 1. The lowest BCUT2D eigenvalue weighted by molar-refractivity contribution is -0.387. The van der Waals surface area contributed by atoms with Gasteiger partial charge in [0.2, 0.25) is 5.82 Å². The molecule has 2 aromatic rings. The van der Waals surface area contributed by atoms with Gasteiger partial charge >= 0.3 is 5.69 Å². The Hall–Kier alpha value is -2.17. The summed E-state index contributed by atoms with van der Waals surface area (Å²) in [4.78, 5) is 9.64. The number of rotatable bonds is 1. The van der Waals surface area contributed by atoms with Crippen LogP contribution in [0.15, 0.2) is 30.3 Å². The van der Waals surface area contributed by atoms with Crippen LogP contribution in [0.5, 0.6) is 5.75 Å². The standard InChI is InChI=1S/C10H6FNO3/c11-8-4-6-2-1-3-10(13)7(6)5-9(8)12(14)15/h1-5,13H. The molecule has 2 aromatic carbocycles. The van der Waals surface area contributed by atoms with Crippen LogP contribution < -0.4 is 0 Å². The van der Waals surface area contributed by atoms with Gasteiger partial charge < -0.3 is 5.11 Å². The zero-order valence-corrected chi connectivity index (χ0v) is 7.48. The van der Waals surface area contributed by atoms with Gasteiger partial charge in [-0.25, -0.2) is 0 Å². The van der Waals surface area contributed by atoms with Crippen LogP contribution in [0, 0.1) is 15.9 Å². The molecule has 4 nitrogen and oxygen atoms in total. The molecular weight excluding hydrogens is 201 g/mol. The highest BCUT2D eigenvalue weighted by Crippen LogP contribution is 2.30. The fourth-order valence-corrected chi connectivity index (χ4v) is 1.41. The zero-order valence-electron chi connectivity index (χ0n) is 7.48. The molecule has 0 aliphatic carbocycles. The van der Waals surface area contributed by atoms with Crippen LogP contribution in [0.3, 0.4) is 0 Å². The van der Waals surface area contributed by atoms with E-state index >= 15 is 0 Å². The first-order chi connectivity index (χ1) is 7.09. The molecule has 0 aliphatic heterocycles. The van der Waals surface area contributed by atoms with Gasteiger partial charge in [0.15, 0.2) is 0 Å². The van der Waals surface area contributed by atoms with Crippen LogP contribution in [-0.2, 0) is 0 Å². The van der Waals surface area contributed by atoms with E-state index in [4.69, 9.17) is 0 Å². The Morgan fingerprint density at radius 1 is 1.33 bits per heavy atom. The number of phenols is 1. The van der Waals surface area contributed by atoms with Crippen molar-refractivity contribution in [1.82, 2.24) is 0 Å². The van der Waals surface area contributed by atoms with Gasteiger partial charge in [0, 0.05) is 11.5 Å². The summed E-state index contributed by atoms with van der Waals surface area (Å²) in [6.45, 7) is 0. The number of aromatic hydroxyl groups is 1. The maximum atomic E-state index is 13.2. The van der Waals surface area contributed by atoms with Crippen LogP contribution in [-0.4, -0.2) is 10.0 Å². The Balaban J connectivity index is 2.83. The highest BCUT2D eigenvalue weighted by Gasteiger charge is 2.15. The Labute approximate surface area is 83.7 Å². The molecule has 0 atom stereocenters. The topological polar surface area (TPSA) is 63.4 Å². The van der Waals surface area contributed by atoms with E-state index in [1.54, 1.807) is 12.1 Å². The molecule has 0 saturated carbocycles. The first-order valence-electron chi connectivity index (χ1n) is 4.15. The van der Waals surface area contributed by atoms with Gasteiger partial charge in [0.1, 0.15) is 5.75 Å². The Kier molecular flexibility index (Phi) is 2.00. The molecule has 0 spiro atoms. The third-order valence-corrected chi connectivity index (χ3v) is 2.12. The SMILES string of the molecule is O=[N+]([O-])c1cc2c(O)cccc2cc1F. The van der Waals surface area contributed by atoms with Crippen molar-refractivity contribution in [2.75, 3.05) is 0 Å². The summed E-state index contributed by atoms with van der Waals surface area (Å²) in [5.41, 5.74) is -0.635. The van der Waals surface area contributed by atoms with E-state index in [0.29, 0.717) is 5.39 Å². The van der Waals surface area contributed by atoms with Crippen LogP contribution in [0.2, 0.25) is 0 Å². The van der Waals surface area contributed by atoms with Crippen LogP contribution in [0.25, 0.3) is 10.8 Å². The van der Waals surface area contributed by atoms with Gasteiger partial charge in [-0.05, 0) is 17.5 Å². The summed E-state index contributed by atoms with van der Waals surface area (Å²) in [6, 6.07) is 6.57. The van der Waals surface area contributed by atoms with Crippen molar-refractivity contribution in [3.63, 3.8) is 0 Å². The van der Waals surface area contributed by atoms with E-state index < -0.39 is 16.4 Å². The summed E-state index contributed by atoms with van der Waals surface area (Å²) >= 11 is 0. The molecule has 1 N–H and O–H groups in total. The van der Waals surface area contributed by atoms with E-state index in [1.165, 1.54) is 6.07 Å². The Morgan fingerprint density at radius 2 is 2.07 bits per heavy atom. The number of nitro groups is 1. The minimum absolute atomic E-state index is 0.101. The molecule has 0 fully saturated rings. The number of hydrogen-bond donors (Lipinski definition) is 1. The normalized spacial score (nSPS) is 10.5. The molecule has 5 heteroatoms. The van der Waals surface area contributed by atoms with Crippen molar-refractivity contribution in [2.45, 2.75) is 0 Å². The minimum Gasteiger partial charge on any atom is -0.507 e. The number of phenolic OH excluding ortho intramolecular Hbond substituents is 1. The second kappa shape index (κ2) is 3.20. The number of fused-ring (bicyclic) bond motifs is 1. The van der Waals surface area contributed by atoms with Crippen LogP contribution in [0.4, 0.5) is 10.1 Å². The fourth-order valence-electron chi connectivity index (χ4n) is 1.41. The summed E-state index contributed by atoms with van der Waals surface area (Å²) in [5, 5.41) is 20.6. The molecule has 0 bridgehead atoms. The average Bonchev–Trinajstić information content (AvgIpc) is 2.16. The van der Waals surface area contributed by atoms with Gasteiger partial charge in [-0.1, -0.05) is 12.1 Å². The van der Waals surface area contributed by atoms with Gasteiger partial charge in [-0.3, -0.25) is 10.1 Å². The zero-order chi connectivity index (χ0) is 11.0. The molecule has 0 aliphatic rings. The van der Waals surface area contributed by atoms with Crippen molar-refractivity contribution < 1.29 is 14.4 Å². The van der Waals surface area contributed by atoms with Gasteiger partial charge in [0.05, 0.1) is 4.92 Å². The number of nitro benzene ring substituents is 1. The molecule has 0 aromatic heterocycles. The molecule has 0 radical (unpaired) electrons. The molecule has 0 heterocycles. The van der Waals surface area contributed by atoms with Crippen molar-refractivity contribution in [3.8, 4) is 5.75 Å². The molecule has 15 heavy (non-hydrogen) atoms. The first-order valence-corrected chi connectivity index (χ1v) is 4.15. The lowest BCUT2D eigenvalue weighted by Gasteiger charge is -2.01. The molecule has 76 valence electrons. The largest absolute Gasteiger partial charge is 0.507 e. The van der Waals surface area contributed by atoms with E-state index in [0.717, 1.165) is 12.1 Å². The van der Waals surface area contributed by atoms with E-state index in [2.05, 4.69) is 0 Å². The van der Waals surface area contributed by atoms with Crippen LogP contribution in [0.1, 0.15) is 0 Å². The van der Waals surface area contributed by atoms with Gasteiger partial charge in [0.25, 0.3) is 0 Å². The third-order valence-electron chi connectivity index (χ3n) is 2.12. The predicted octanol–water partition coefficient (Wildman–Crippen LogP) is 2.59. The molecular formula is C10H6FNO3. The quantitative estimate of drug-likeness (QED) is 0.577. The molecule has 0 unspecified atom stereocenters. The van der Waals surface area contributed by atoms with E-state index in [-0.39, 0.29) is 11.1 Å². The van der Waals surface area contributed by atoms with Crippen molar-refractivity contribution in [2.24, 2.45) is 0 Å². The smallest absolute Gasteiger partial charge is 0.305 e. The summed E-state index contributed by atoms with van der Waals surface area (Å²) in [6.07, 6.45) is 0. The van der Waals surface area contributed by atoms with Crippen molar-refractivity contribution >= 4 is 16.5 Å². The fraction of sp³-hybridized carbons (Fsp3) is 0. The van der Waals surface area contributed by atoms with E-state index in [9.17, 15) is 19.6 Å². The lowest BCUT2D eigenvalue weighted by Crippen LogP contribution is -1.92. The van der Waals surface area contributed by atoms with Crippen molar-refractivity contribution in [3.05, 3.63) is 46.3 Å². The number of hydrogen-bond acceptors (Lipinski definition) is 3. The highest BCUT2D eigenvalue weighted by molar-refractivity contribution is 5.89. The minimum atomic E-state index is -0.905. The maximum absolute atomic E-state index is 13.2. The summed E-state index contributed by atoms with van der Waals surface area (Å²) < 4.78 is 13.2. The predicted molar refractivity (Wildman–Crippen MR) is 52.2 cm³/mol. The van der Waals surface area contributed by atoms with Gasteiger partial charge in [-0.15, -0.1) is 0 Å². The highest BCUT2D eigenvalue weighted by atomic mass is 19.1. The monoisotopic (exact) mass is 207 g/mol. The Morgan fingerprint density at radius 3 is 2.73 bits per heavy atom. The second-order valence-electron chi connectivity index (χ2n) is 3.06. The molecule has 0 saturated heterocycles. The lowest BCUT2D eigenvalue weighted by atomic mass is 10.1. The average molecular weight is 207 g/mol. The first kappa shape index (κ1) is 9.39. The summed E-state index contributed by atoms with van der Waals surface area (Å²) in [7, 11) is 0. The molecule has 2 rings (SSSR count). The third kappa shape index (κ3) is 1.48. The maximum Gasteiger partial charge on any atom is 0.305 e. The van der Waals surface area contributed by atoms with Crippen molar-refractivity contribution in [1.29, 1.82) is 0 Å². The molecule has 0 amide bonds. The van der Waals surface area contributed by atoms with Crippen LogP contribution >= 0.6 is 0 Å². The van der Waals surface area contributed by atoms with Gasteiger partial charge in [-0.2, -0.15) is 4.39 Å². The number of benzene rings is 2. The second-order valence-corrected chi connectivity index (χ2v) is 3.06. The summed E-state index contributed by atoms with van der Waals surface area (Å²) in [5.74, 6) is -1.01. The number of nitrogens with zero attached hydrogens (tertiary/aromatic N) is 1.